The van der Waals surface area contributed by atoms with Crippen LogP contribution < -0.4 is 0 Å². The van der Waals surface area contributed by atoms with Crippen LogP contribution in [0.1, 0.15) is 25.0 Å². The molecule has 0 aliphatic heterocycles. The van der Waals surface area contributed by atoms with Crippen LogP contribution in [0.5, 0.6) is 0 Å². The lowest BCUT2D eigenvalue weighted by molar-refractivity contribution is 1.36. The quantitative estimate of drug-likeness (QED) is 0.567. The molecule has 1 aromatic rings. The normalized spacial score (nSPS) is 15.0. The Hall–Kier alpha value is -1.56. The molecule has 1 aromatic carbocycles. The van der Waals surface area contributed by atoms with E-state index in [2.05, 4.69) is 62.4 Å². The molecule has 14 heavy (non-hydrogen) atoms. The van der Waals surface area contributed by atoms with Gasteiger partial charge in [0.2, 0.25) is 0 Å². The maximum absolute atomic E-state index is 2.24. The zero-order valence-corrected chi connectivity index (χ0v) is 8.62. The van der Waals surface area contributed by atoms with Gasteiger partial charge in [-0.05, 0) is 36.1 Å². The third-order valence-electron chi connectivity index (χ3n) is 2.61. The van der Waals surface area contributed by atoms with Crippen LogP contribution in [0.15, 0.2) is 47.6 Å². The van der Waals surface area contributed by atoms with Gasteiger partial charge in [-0.3, -0.25) is 0 Å². The van der Waals surface area contributed by atoms with Crippen molar-refractivity contribution in [1.29, 1.82) is 0 Å². The van der Waals surface area contributed by atoms with Gasteiger partial charge in [-0.2, -0.15) is 0 Å². The zero-order chi connectivity index (χ0) is 9.97. The number of fused-ring (bicyclic) bond motifs is 1. The summed E-state index contributed by atoms with van der Waals surface area (Å²) in [7, 11) is 0. The van der Waals surface area contributed by atoms with Crippen LogP contribution in [-0.2, 0) is 0 Å². The average Bonchev–Trinajstić information content (AvgIpc) is 2.18. The Labute approximate surface area is 85.3 Å². The first-order valence-corrected chi connectivity index (χ1v) is 4.90. The number of hydrogen-bond acceptors (Lipinski definition) is 0. The van der Waals surface area contributed by atoms with Gasteiger partial charge < -0.3 is 0 Å². The third-order valence-corrected chi connectivity index (χ3v) is 2.61. The summed E-state index contributed by atoms with van der Waals surface area (Å²) in [6.45, 7) is 4.30. The summed E-state index contributed by atoms with van der Waals surface area (Å²) in [6, 6.07) is 8.45. The molecule has 0 saturated carbocycles. The van der Waals surface area contributed by atoms with Crippen molar-refractivity contribution in [2.24, 2.45) is 0 Å². The zero-order valence-electron chi connectivity index (χ0n) is 8.62. The van der Waals surface area contributed by atoms with Gasteiger partial charge >= 0.3 is 0 Å². The Morgan fingerprint density at radius 3 is 2.36 bits per heavy atom. The molecule has 0 heteroatoms. The minimum atomic E-state index is 1.29. The maximum Gasteiger partial charge on any atom is -0.0181 e. The fourth-order valence-corrected chi connectivity index (χ4v) is 1.57. The second kappa shape index (κ2) is 3.67. The van der Waals surface area contributed by atoms with Gasteiger partial charge in [-0.15, -0.1) is 0 Å². The first kappa shape index (κ1) is 9.01. The van der Waals surface area contributed by atoms with Crippen LogP contribution in [0.2, 0.25) is 0 Å². The molecule has 70 valence electrons. The molecule has 0 aromatic heterocycles. The minimum Gasteiger partial charge on any atom is -0.0616 e. The largest absolute Gasteiger partial charge is 0.0616 e. The Morgan fingerprint density at radius 1 is 0.857 bits per heavy atom. The summed E-state index contributed by atoms with van der Waals surface area (Å²) in [5.74, 6) is 0. The summed E-state index contributed by atoms with van der Waals surface area (Å²) in [5, 5.41) is 0. The number of benzene rings is 1. The summed E-state index contributed by atoms with van der Waals surface area (Å²) >= 11 is 0. The Balaban J connectivity index is 2.58. The number of rotatable bonds is 0. The molecule has 0 unspecified atom stereocenters. The molecule has 0 heterocycles. The van der Waals surface area contributed by atoms with E-state index in [1.807, 2.05) is 0 Å². The first-order valence-electron chi connectivity index (χ1n) is 4.90. The SMILES string of the molecule is CC1=CC=Cc2ccccc2C=C1C. The van der Waals surface area contributed by atoms with Crippen molar-refractivity contribution in [3.8, 4) is 0 Å². The highest BCUT2D eigenvalue weighted by atomic mass is 14.0. The molecule has 0 saturated heterocycles. The molecule has 2 rings (SSSR count). The molecule has 0 bridgehead atoms. The molecular formula is C14H14. The third kappa shape index (κ3) is 1.69. The van der Waals surface area contributed by atoms with Crippen molar-refractivity contribution in [2.45, 2.75) is 13.8 Å². The van der Waals surface area contributed by atoms with E-state index in [1.54, 1.807) is 0 Å². The fraction of sp³-hybridized carbons (Fsp3) is 0.143. The monoisotopic (exact) mass is 182 g/mol. The van der Waals surface area contributed by atoms with Gasteiger partial charge in [-0.1, -0.05) is 48.6 Å². The van der Waals surface area contributed by atoms with Crippen LogP contribution in [-0.4, -0.2) is 0 Å². The molecule has 0 atom stereocenters. The summed E-state index contributed by atoms with van der Waals surface area (Å²) in [4.78, 5) is 0. The Morgan fingerprint density at radius 2 is 1.57 bits per heavy atom. The second-order valence-electron chi connectivity index (χ2n) is 3.67. The van der Waals surface area contributed by atoms with E-state index in [4.69, 9.17) is 0 Å². The van der Waals surface area contributed by atoms with E-state index < -0.39 is 0 Å². The number of allylic oxidation sites excluding steroid dienone is 4. The predicted molar refractivity (Wildman–Crippen MR) is 62.9 cm³/mol. The van der Waals surface area contributed by atoms with Gasteiger partial charge in [0.1, 0.15) is 0 Å². The highest BCUT2D eigenvalue weighted by Crippen LogP contribution is 2.20. The molecule has 1 aliphatic carbocycles. The molecule has 1 aliphatic rings. The minimum absolute atomic E-state index is 1.29. The van der Waals surface area contributed by atoms with Crippen molar-refractivity contribution in [3.05, 3.63) is 58.7 Å². The highest BCUT2D eigenvalue weighted by molar-refractivity contribution is 5.70. The lowest BCUT2D eigenvalue weighted by Gasteiger charge is -2.07. The summed E-state index contributed by atoms with van der Waals surface area (Å²) < 4.78 is 0. The van der Waals surface area contributed by atoms with Gasteiger partial charge in [-0.25, -0.2) is 0 Å². The molecule has 0 spiro atoms. The van der Waals surface area contributed by atoms with Gasteiger partial charge in [0.05, 0.1) is 0 Å². The standard InChI is InChI=1S/C14H14/c1-11-6-5-9-13-7-3-4-8-14(13)10-12(11)2/h3-10H,1-2H3. The topological polar surface area (TPSA) is 0 Å². The lowest BCUT2D eigenvalue weighted by Crippen LogP contribution is -1.86. The van der Waals surface area contributed by atoms with Crippen molar-refractivity contribution < 1.29 is 0 Å². The Bertz CT molecular complexity index is 431. The number of hydrogen-bond donors (Lipinski definition) is 0. The van der Waals surface area contributed by atoms with Gasteiger partial charge in [0.25, 0.3) is 0 Å². The predicted octanol–water partition coefficient (Wildman–Crippen LogP) is 4.06. The smallest absolute Gasteiger partial charge is 0.0181 e. The maximum atomic E-state index is 2.24. The van der Waals surface area contributed by atoms with Crippen LogP contribution >= 0.6 is 0 Å². The molecule has 0 amide bonds. The van der Waals surface area contributed by atoms with Crippen LogP contribution in [0.4, 0.5) is 0 Å². The summed E-state index contributed by atoms with van der Waals surface area (Å²) in [5.41, 5.74) is 5.25. The second-order valence-corrected chi connectivity index (χ2v) is 3.67. The van der Waals surface area contributed by atoms with Gasteiger partial charge in [0, 0.05) is 0 Å². The fourth-order valence-electron chi connectivity index (χ4n) is 1.57. The van der Waals surface area contributed by atoms with Gasteiger partial charge in [0.15, 0.2) is 0 Å². The van der Waals surface area contributed by atoms with E-state index in [0.717, 1.165) is 0 Å². The lowest BCUT2D eigenvalue weighted by atomic mass is 9.99. The van der Waals surface area contributed by atoms with E-state index in [-0.39, 0.29) is 0 Å². The van der Waals surface area contributed by atoms with Crippen LogP contribution in [0.3, 0.4) is 0 Å². The molecular weight excluding hydrogens is 168 g/mol. The summed E-state index contributed by atoms with van der Waals surface area (Å²) in [6.07, 6.45) is 8.67. The molecule has 0 N–H and O–H groups in total. The average molecular weight is 182 g/mol. The molecule has 0 fully saturated rings. The van der Waals surface area contributed by atoms with Crippen molar-refractivity contribution in [2.75, 3.05) is 0 Å². The van der Waals surface area contributed by atoms with Crippen LogP contribution in [0, 0.1) is 0 Å². The van der Waals surface area contributed by atoms with Crippen molar-refractivity contribution in [3.63, 3.8) is 0 Å². The van der Waals surface area contributed by atoms with E-state index in [9.17, 15) is 0 Å². The van der Waals surface area contributed by atoms with Crippen molar-refractivity contribution in [1.82, 2.24) is 0 Å². The highest BCUT2D eigenvalue weighted by Gasteiger charge is 1.99. The first-order chi connectivity index (χ1) is 6.77. The van der Waals surface area contributed by atoms with Crippen LogP contribution in [0.25, 0.3) is 12.2 Å². The van der Waals surface area contributed by atoms with E-state index >= 15 is 0 Å². The van der Waals surface area contributed by atoms with Crippen molar-refractivity contribution >= 4 is 12.2 Å². The molecule has 0 nitrogen and oxygen atoms in total. The molecule has 0 radical (unpaired) electrons. The van der Waals surface area contributed by atoms with E-state index in [1.165, 1.54) is 22.3 Å². The van der Waals surface area contributed by atoms with E-state index in [0.29, 0.717) is 0 Å². The Kier molecular flexibility index (Phi) is 2.36.